The molecule has 4 heteroatoms. The molecule has 1 amide bonds. The summed E-state index contributed by atoms with van der Waals surface area (Å²) < 4.78 is 0. The monoisotopic (exact) mass is 284 g/mol. The molecule has 1 atom stereocenters. The number of amides is 1. The average Bonchev–Trinajstić information content (AvgIpc) is 2.97. The van der Waals surface area contributed by atoms with Crippen molar-refractivity contribution in [1.82, 2.24) is 10.6 Å². The minimum atomic E-state index is -0.791. The Kier molecular flexibility index (Phi) is 3.53. The molecule has 0 bridgehead atoms. The van der Waals surface area contributed by atoms with E-state index in [9.17, 15) is 9.59 Å². The number of allylic oxidation sites excluding steroid dienone is 1. The van der Waals surface area contributed by atoms with Crippen molar-refractivity contribution in [3.05, 3.63) is 47.8 Å². The molecular formula is C17H20N2O2. The maximum atomic E-state index is 12.4. The van der Waals surface area contributed by atoms with Gasteiger partial charge in [-0.15, -0.1) is 0 Å². The van der Waals surface area contributed by atoms with E-state index < -0.39 is 5.41 Å². The van der Waals surface area contributed by atoms with Gasteiger partial charge < -0.3 is 10.6 Å². The van der Waals surface area contributed by atoms with E-state index in [0.29, 0.717) is 18.7 Å². The number of carbonyl (C=O) groups is 2. The Morgan fingerprint density at radius 3 is 2.43 bits per heavy atom. The van der Waals surface area contributed by atoms with Crippen LogP contribution < -0.4 is 10.6 Å². The maximum absolute atomic E-state index is 12.4. The SMILES string of the molecule is C[C@H](NC1=CC(=O)C2(CCCC2)C(=O)N1)c1ccccc1. The number of carbonyl (C=O) groups excluding carboxylic acids is 2. The smallest absolute Gasteiger partial charge is 0.239 e. The second-order valence-corrected chi connectivity index (χ2v) is 5.94. The van der Waals surface area contributed by atoms with Crippen LogP contribution in [0.25, 0.3) is 0 Å². The van der Waals surface area contributed by atoms with Crippen LogP contribution in [0.5, 0.6) is 0 Å². The molecule has 1 heterocycles. The zero-order chi connectivity index (χ0) is 14.9. The van der Waals surface area contributed by atoms with Crippen molar-refractivity contribution in [2.45, 2.75) is 38.6 Å². The molecule has 2 N–H and O–H groups in total. The molecule has 0 radical (unpaired) electrons. The molecule has 1 aromatic carbocycles. The van der Waals surface area contributed by atoms with E-state index in [1.165, 1.54) is 0 Å². The summed E-state index contributed by atoms with van der Waals surface area (Å²) in [5.41, 5.74) is 0.322. The lowest BCUT2D eigenvalue weighted by atomic mass is 9.79. The molecule has 1 aliphatic heterocycles. The lowest BCUT2D eigenvalue weighted by molar-refractivity contribution is -0.140. The molecule has 3 rings (SSSR count). The van der Waals surface area contributed by atoms with Crippen LogP contribution in [0.4, 0.5) is 0 Å². The predicted molar refractivity (Wildman–Crippen MR) is 80.1 cm³/mol. The van der Waals surface area contributed by atoms with E-state index in [-0.39, 0.29) is 17.7 Å². The highest BCUT2D eigenvalue weighted by Gasteiger charge is 2.49. The highest BCUT2D eigenvalue weighted by molar-refractivity contribution is 6.14. The van der Waals surface area contributed by atoms with E-state index in [1.54, 1.807) is 6.08 Å². The van der Waals surface area contributed by atoms with Crippen molar-refractivity contribution < 1.29 is 9.59 Å². The van der Waals surface area contributed by atoms with Gasteiger partial charge in [-0.1, -0.05) is 43.2 Å². The van der Waals surface area contributed by atoms with Gasteiger partial charge in [0, 0.05) is 12.1 Å². The van der Waals surface area contributed by atoms with E-state index in [4.69, 9.17) is 0 Å². The fraction of sp³-hybridized carbons (Fsp3) is 0.412. The Balaban J connectivity index is 1.76. The largest absolute Gasteiger partial charge is 0.365 e. The quantitative estimate of drug-likeness (QED) is 0.838. The van der Waals surface area contributed by atoms with Gasteiger partial charge >= 0.3 is 0 Å². The summed E-state index contributed by atoms with van der Waals surface area (Å²) in [6.07, 6.45) is 4.82. The minimum Gasteiger partial charge on any atom is -0.365 e. The molecule has 2 aliphatic rings. The van der Waals surface area contributed by atoms with Crippen LogP contribution in [-0.2, 0) is 9.59 Å². The summed E-state index contributed by atoms with van der Waals surface area (Å²) in [7, 11) is 0. The molecular weight excluding hydrogens is 264 g/mol. The zero-order valence-electron chi connectivity index (χ0n) is 12.2. The third-order valence-corrected chi connectivity index (χ3v) is 4.56. The van der Waals surface area contributed by atoms with Crippen molar-refractivity contribution in [2.24, 2.45) is 5.41 Å². The van der Waals surface area contributed by atoms with Gasteiger partial charge in [0.25, 0.3) is 0 Å². The molecule has 110 valence electrons. The van der Waals surface area contributed by atoms with Gasteiger partial charge in [-0.2, -0.15) is 0 Å². The van der Waals surface area contributed by atoms with Crippen LogP contribution in [-0.4, -0.2) is 11.7 Å². The van der Waals surface area contributed by atoms with E-state index in [0.717, 1.165) is 18.4 Å². The predicted octanol–water partition coefficient (Wildman–Crippen LogP) is 2.44. The van der Waals surface area contributed by atoms with Crippen LogP contribution in [0.1, 0.15) is 44.2 Å². The Bertz CT molecular complexity index is 586. The van der Waals surface area contributed by atoms with Gasteiger partial charge in [0.1, 0.15) is 11.2 Å². The van der Waals surface area contributed by atoms with Gasteiger partial charge in [0.05, 0.1) is 0 Å². The maximum Gasteiger partial charge on any atom is 0.239 e. The van der Waals surface area contributed by atoms with E-state index in [2.05, 4.69) is 10.6 Å². The molecule has 0 unspecified atom stereocenters. The number of nitrogens with one attached hydrogen (secondary N) is 2. The summed E-state index contributed by atoms with van der Waals surface area (Å²) in [5, 5.41) is 6.08. The minimum absolute atomic E-state index is 0.0307. The van der Waals surface area contributed by atoms with Crippen molar-refractivity contribution in [1.29, 1.82) is 0 Å². The standard InChI is InChI=1S/C17H20N2O2/c1-12(13-7-3-2-4-8-13)18-15-11-14(20)17(16(21)19-15)9-5-6-10-17/h2-4,7-8,11-12,18H,5-6,9-10H2,1H3,(H,19,21)/t12-/m0/s1. The first kappa shape index (κ1) is 13.9. The lowest BCUT2D eigenvalue weighted by Crippen LogP contribution is -2.50. The molecule has 4 nitrogen and oxygen atoms in total. The molecule has 1 saturated carbocycles. The van der Waals surface area contributed by atoms with Gasteiger partial charge in [0.15, 0.2) is 5.78 Å². The highest BCUT2D eigenvalue weighted by Crippen LogP contribution is 2.41. The first-order valence-electron chi connectivity index (χ1n) is 7.51. The van der Waals surface area contributed by atoms with Crippen LogP contribution in [0.15, 0.2) is 42.2 Å². The van der Waals surface area contributed by atoms with Crippen molar-refractivity contribution in [3.63, 3.8) is 0 Å². The van der Waals surface area contributed by atoms with Crippen LogP contribution in [0, 0.1) is 5.41 Å². The molecule has 1 fully saturated rings. The summed E-state index contributed by atoms with van der Waals surface area (Å²) >= 11 is 0. The lowest BCUT2D eigenvalue weighted by Gasteiger charge is -2.31. The normalized spacial score (nSPS) is 21.9. The molecule has 0 saturated heterocycles. The Morgan fingerprint density at radius 1 is 1.14 bits per heavy atom. The van der Waals surface area contributed by atoms with Crippen molar-refractivity contribution in [3.8, 4) is 0 Å². The van der Waals surface area contributed by atoms with Gasteiger partial charge in [-0.05, 0) is 25.3 Å². The summed E-state index contributed by atoms with van der Waals surface area (Å²) in [6, 6.07) is 9.97. The number of ketones is 1. The number of rotatable bonds is 3. The molecule has 1 spiro atoms. The van der Waals surface area contributed by atoms with E-state index >= 15 is 0 Å². The van der Waals surface area contributed by atoms with Gasteiger partial charge in [-0.25, -0.2) is 0 Å². The molecule has 1 aliphatic carbocycles. The average molecular weight is 284 g/mol. The molecule has 21 heavy (non-hydrogen) atoms. The Morgan fingerprint density at radius 2 is 1.81 bits per heavy atom. The number of benzene rings is 1. The van der Waals surface area contributed by atoms with Crippen molar-refractivity contribution >= 4 is 11.7 Å². The number of hydrogen-bond donors (Lipinski definition) is 2. The number of hydrogen-bond acceptors (Lipinski definition) is 3. The zero-order valence-corrected chi connectivity index (χ0v) is 12.2. The van der Waals surface area contributed by atoms with Gasteiger partial charge in [0.2, 0.25) is 5.91 Å². The third kappa shape index (κ3) is 2.46. The fourth-order valence-corrected chi connectivity index (χ4v) is 3.25. The molecule has 1 aromatic rings. The second-order valence-electron chi connectivity index (χ2n) is 5.94. The van der Waals surface area contributed by atoms with Gasteiger partial charge in [-0.3, -0.25) is 9.59 Å². The fourth-order valence-electron chi connectivity index (χ4n) is 3.25. The summed E-state index contributed by atoms with van der Waals surface area (Å²) in [6.45, 7) is 2.01. The topological polar surface area (TPSA) is 58.2 Å². The Labute approximate surface area is 124 Å². The molecule has 0 aromatic heterocycles. The summed E-state index contributed by atoms with van der Waals surface area (Å²) in [4.78, 5) is 24.7. The first-order chi connectivity index (χ1) is 10.1. The second kappa shape index (κ2) is 5.35. The summed E-state index contributed by atoms with van der Waals surface area (Å²) in [5.74, 6) is 0.320. The van der Waals surface area contributed by atoms with Crippen LogP contribution in [0.2, 0.25) is 0 Å². The third-order valence-electron chi connectivity index (χ3n) is 4.56. The van der Waals surface area contributed by atoms with E-state index in [1.807, 2.05) is 37.3 Å². The van der Waals surface area contributed by atoms with Crippen LogP contribution in [0.3, 0.4) is 0 Å². The Hall–Kier alpha value is -2.10. The van der Waals surface area contributed by atoms with Crippen LogP contribution >= 0.6 is 0 Å². The first-order valence-corrected chi connectivity index (χ1v) is 7.51. The van der Waals surface area contributed by atoms with Crippen molar-refractivity contribution in [2.75, 3.05) is 0 Å². The highest BCUT2D eigenvalue weighted by atomic mass is 16.2.